The lowest BCUT2D eigenvalue weighted by Gasteiger charge is -2.13. The van der Waals surface area contributed by atoms with Crippen LogP contribution in [0.3, 0.4) is 0 Å². The molecule has 4 aromatic rings. The van der Waals surface area contributed by atoms with Gasteiger partial charge in [-0.2, -0.15) is 8.42 Å². The van der Waals surface area contributed by atoms with Crippen LogP contribution in [-0.2, 0) is 10.1 Å². The van der Waals surface area contributed by atoms with E-state index in [2.05, 4.69) is 15.5 Å². The fourth-order valence-electron chi connectivity index (χ4n) is 3.68. The summed E-state index contributed by atoms with van der Waals surface area (Å²) < 4.78 is 38.1. The van der Waals surface area contributed by atoms with Crippen molar-refractivity contribution in [1.29, 1.82) is 0 Å². The molecule has 0 aromatic heterocycles. The van der Waals surface area contributed by atoms with Crippen molar-refractivity contribution in [2.45, 2.75) is 11.8 Å². The lowest BCUT2D eigenvalue weighted by atomic mass is 10.0. The predicted molar refractivity (Wildman–Crippen MR) is 137 cm³/mol. The molecule has 0 radical (unpaired) electrons. The fraction of sp³-hybridized carbons (Fsp3) is 0.0800. The zero-order valence-electron chi connectivity index (χ0n) is 19.1. The fourth-order valence-corrected chi connectivity index (χ4v) is 4.65. The molecule has 0 fully saturated rings. The molecule has 4 rings (SSSR count). The average Bonchev–Trinajstić information content (AvgIpc) is 2.84. The Labute approximate surface area is 211 Å². The molecule has 0 heterocycles. The van der Waals surface area contributed by atoms with Gasteiger partial charge in [0.15, 0.2) is 5.75 Å². The lowest BCUT2D eigenvalue weighted by Crippen LogP contribution is -2.13. The third kappa shape index (κ3) is 4.87. The zero-order chi connectivity index (χ0) is 26.0. The molecule has 0 saturated carbocycles. The summed E-state index contributed by atoms with van der Waals surface area (Å²) in [5.74, 6) is -0.610. The van der Waals surface area contributed by atoms with Crippen LogP contribution in [0.2, 0.25) is 5.02 Å². The number of hydrogen-bond donors (Lipinski definition) is 3. The first-order chi connectivity index (χ1) is 17.1. The topological polar surface area (TPSA) is 138 Å². The van der Waals surface area contributed by atoms with Gasteiger partial charge in [0.2, 0.25) is 0 Å². The summed E-state index contributed by atoms with van der Waals surface area (Å²) in [6.07, 6.45) is 0. The first-order valence-corrected chi connectivity index (χ1v) is 12.3. The van der Waals surface area contributed by atoms with E-state index in [1.165, 1.54) is 26.2 Å². The Morgan fingerprint density at radius 2 is 1.67 bits per heavy atom. The Morgan fingerprint density at radius 1 is 1.00 bits per heavy atom. The van der Waals surface area contributed by atoms with E-state index in [9.17, 15) is 22.9 Å². The number of phenolic OH excluding ortho intramolecular Hbond substituents is 1. The predicted octanol–water partition coefficient (Wildman–Crippen LogP) is 6.43. The van der Waals surface area contributed by atoms with E-state index < -0.39 is 21.8 Å². The van der Waals surface area contributed by atoms with Crippen LogP contribution in [0.25, 0.3) is 10.8 Å². The molecule has 11 heteroatoms. The number of nitrogens with zero attached hydrogens (tertiary/aromatic N) is 2. The summed E-state index contributed by atoms with van der Waals surface area (Å²) in [6.45, 7) is 1.42. The molecule has 184 valence electrons. The van der Waals surface area contributed by atoms with Crippen LogP contribution in [0.1, 0.15) is 15.9 Å². The number of azo groups is 1. The van der Waals surface area contributed by atoms with Gasteiger partial charge in [0.25, 0.3) is 16.0 Å². The van der Waals surface area contributed by atoms with Crippen LogP contribution < -0.4 is 10.1 Å². The van der Waals surface area contributed by atoms with Gasteiger partial charge in [-0.25, -0.2) is 0 Å². The van der Waals surface area contributed by atoms with Crippen molar-refractivity contribution >= 4 is 55.5 Å². The highest BCUT2D eigenvalue weighted by molar-refractivity contribution is 7.85. The second-order valence-corrected chi connectivity index (χ2v) is 9.49. The molecule has 9 nitrogen and oxygen atoms in total. The Hall–Kier alpha value is -3.99. The summed E-state index contributed by atoms with van der Waals surface area (Å²) in [7, 11) is -3.05. The first-order valence-electron chi connectivity index (χ1n) is 10.5. The SMILES string of the molecule is COc1ccccc1NC(=O)c1cc2ccccc2c(N=Nc2c(Cl)ccc(S(=O)(=O)O)c2C)c1O. The molecule has 0 unspecified atom stereocenters. The number of ether oxygens (including phenoxy) is 1. The summed E-state index contributed by atoms with van der Waals surface area (Å²) in [4.78, 5) is 12.7. The number of phenols is 1. The minimum Gasteiger partial charge on any atom is -0.505 e. The summed E-state index contributed by atoms with van der Waals surface area (Å²) >= 11 is 6.21. The minimum absolute atomic E-state index is 0.0147. The number of aromatic hydroxyl groups is 1. The highest BCUT2D eigenvalue weighted by Crippen LogP contribution is 2.41. The van der Waals surface area contributed by atoms with Gasteiger partial charge in [-0.05, 0) is 48.2 Å². The number of rotatable bonds is 6. The molecule has 0 atom stereocenters. The van der Waals surface area contributed by atoms with Crippen molar-refractivity contribution in [3.8, 4) is 11.5 Å². The number of methoxy groups -OCH3 is 1. The number of carbonyl (C=O) groups is 1. The van der Waals surface area contributed by atoms with E-state index >= 15 is 0 Å². The minimum atomic E-state index is -4.52. The van der Waals surface area contributed by atoms with Gasteiger partial charge in [0.05, 0.1) is 28.3 Å². The number of anilines is 1. The van der Waals surface area contributed by atoms with Crippen molar-refractivity contribution in [1.82, 2.24) is 0 Å². The van der Waals surface area contributed by atoms with Crippen LogP contribution in [-0.4, -0.2) is 31.1 Å². The number of carbonyl (C=O) groups excluding carboxylic acids is 1. The molecule has 36 heavy (non-hydrogen) atoms. The Kier molecular flexibility index (Phi) is 6.93. The van der Waals surface area contributed by atoms with E-state index in [-0.39, 0.29) is 32.4 Å². The maximum absolute atomic E-state index is 13.1. The van der Waals surface area contributed by atoms with E-state index in [4.69, 9.17) is 16.3 Å². The van der Waals surface area contributed by atoms with Gasteiger partial charge in [0, 0.05) is 5.39 Å². The Morgan fingerprint density at radius 3 is 2.39 bits per heavy atom. The van der Waals surface area contributed by atoms with Crippen LogP contribution in [0.4, 0.5) is 17.1 Å². The lowest BCUT2D eigenvalue weighted by molar-refractivity contribution is 0.102. The second kappa shape index (κ2) is 9.94. The Bertz CT molecular complexity index is 1640. The van der Waals surface area contributed by atoms with Crippen molar-refractivity contribution in [2.24, 2.45) is 10.2 Å². The highest BCUT2D eigenvalue weighted by Gasteiger charge is 2.21. The highest BCUT2D eigenvalue weighted by atomic mass is 35.5. The van der Waals surface area contributed by atoms with E-state index in [1.54, 1.807) is 48.5 Å². The average molecular weight is 526 g/mol. The summed E-state index contributed by atoms with van der Waals surface area (Å²) in [6, 6.07) is 17.7. The Balaban J connectivity index is 1.84. The van der Waals surface area contributed by atoms with Crippen molar-refractivity contribution in [2.75, 3.05) is 12.4 Å². The number of benzene rings is 4. The number of amides is 1. The molecule has 0 aliphatic carbocycles. The van der Waals surface area contributed by atoms with Crippen LogP contribution in [0.5, 0.6) is 11.5 Å². The third-order valence-electron chi connectivity index (χ3n) is 5.45. The summed E-state index contributed by atoms with van der Waals surface area (Å²) in [5.41, 5.74) is 0.376. The normalized spacial score (nSPS) is 11.7. The molecule has 1 amide bonds. The largest absolute Gasteiger partial charge is 0.505 e. The van der Waals surface area contributed by atoms with E-state index in [0.717, 1.165) is 6.07 Å². The third-order valence-corrected chi connectivity index (χ3v) is 6.76. The standard InChI is InChI=1S/C25H20ClN3O6S/c1-14-21(36(32,33)34)12-11-18(26)22(14)28-29-23-16-8-4-3-7-15(16)13-17(24(23)30)25(31)27-19-9-5-6-10-20(19)35-2/h3-13,30H,1-2H3,(H,27,31)(H,32,33,34). The molecule has 0 saturated heterocycles. The molecule has 0 spiro atoms. The first kappa shape index (κ1) is 25.1. The molecule has 0 bridgehead atoms. The monoisotopic (exact) mass is 525 g/mol. The van der Waals surface area contributed by atoms with Crippen LogP contribution in [0, 0.1) is 6.92 Å². The molecule has 4 aromatic carbocycles. The molecule has 3 N–H and O–H groups in total. The van der Waals surface area contributed by atoms with Crippen molar-refractivity contribution in [3.63, 3.8) is 0 Å². The van der Waals surface area contributed by atoms with E-state index in [1.807, 2.05) is 0 Å². The summed E-state index contributed by atoms with van der Waals surface area (Å²) in [5, 5.41) is 23.2. The van der Waals surface area contributed by atoms with Gasteiger partial charge < -0.3 is 15.2 Å². The number of halogens is 1. The van der Waals surface area contributed by atoms with Crippen LogP contribution in [0.15, 0.2) is 81.9 Å². The molecular weight excluding hydrogens is 506 g/mol. The molecular formula is C25H20ClN3O6S. The smallest absolute Gasteiger partial charge is 0.294 e. The number of hydrogen-bond acceptors (Lipinski definition) is 7. The van der Waals surface area contributed by atoms with Gasteiger partial charge in [0.1, 0.15) is 17.1 Å². The van der Waals surface area contributed by atoms with Gasteiger partial charge in [-0.1, -0.05) is 48.0 Å². The number of fused-ring (bicyclic) bond motifs is 1. The van der Waals surface area contributed by atoms with Crippen molar-refractivity contribution < 1.29 is 27.6 Å². The van der Waals surface area contributed by atoms with Gasteiger partial charge in [-0.3, -0.25) is 9.35 Å². The van der Waals surface area contributed by atoms with Crippen molar-refractivity contribution in [3.05, 3.63) is 82.9 Å². The van der Waals surface area contributed by atoms with Crippen LogP contribution >= 0.6 is 11.6 Å². The number of para-hydroxylation sites is 2. The number of nitrogens with one attached hydrogen (secondary N) is 1. The molecule has 0 aliphatic rings. The maximum Gasteiger partial charge on any atom is 0.294 e. The molecule has 0 aliphatic heterocycles. The zero-order valence-corrected chi connectivity index (χ0v) is 20.6. The van der Waals surface area contributed by atoms with E-state index in [0.29, 0.717) is 22.2 Å². The maximum atomic E-state index is 13.1. The van der Waals surface area contributed by atoms with Gasteiger partial charge in [-0.15, -0.1) is 10.2 Å². The quantitative estimate of drug-likeness (QED) is 0.196. The van der Waals surface area contributed by atoms with Gasteiger partial charge >= 0.3 is 0 Å². The second-order valence-electron chi connectivity index (χ2n) is 7.69.